The number of hydrogen-bond donors (Lipinski definition) is 1. The summed E-state index contributed by atoms with van der Waals surface area (Å²) < 4.78 is 1.66. The maximum atomic E-state index is 11.6. The Morgan fingerprint density at radius 3 is 2.90 bits per heavy atom. The quantitative estimate of drug-likeness (QED) is 0.914. The third kappa shape index (κ3) is 2.03. The first-order chi connectivity index (χ1) is 9.58. The number of pyridine rings is 1. The second-order valence-corrected chi connectivity index (χ2v) is 5.69. The molecule has 5 heteroatoms. The Hall–Kier alpha value is -2.04. The Morgan fingerprint density at radius 2 is 2.20 bits per heavy atom. The van der Waals surface area contributed by atoms with Gasteiger partial charge in [-0.3, -0.25) is 4.40 Å². The van der Waals surface area contributed by atoms with Gasteiger partial charge >= 0.3 is 5.97 Å². The molecule has 0 saturated carbocycles. The predicted octanol–water partition coefficient (Wildman–Crippen LogP) is 2.66. The molecule has 0 amide bonds. The first-order valence-corrected chi connectivity index (χ1v) is 7.05. The molecule has 2 unspecified atom stereocenters. The van der Waals surface area contributed by atoms with Crippen molar-refractivity contribution in [1.29, 1.82) is 0 Å². The predicted molar refractivity (Wildman–Crippen MR) is 77.4 cm³/mol. The SMILES string of the molecule is CC1CCN(c2nc3ccccn3c2C(=O)O)C(C)C1. The number of anilines is 1. The van der Waals surface area contributed by atoms with Crippen molar-refractivity contribution in [2.24, 2.45) is 5.92 Å². The number of carboxylic acids is 1. The van der Waals surface area contributed by atoms with E-state index in [1.54, 1.807) is 10.6 Å². The van der Waals surface area contributed by atoms with Crippen molar-refractivity contribution >= 4 is 17.4 Å². The zero-order chi connectivity index (χ0) is 14.3. The Bertz CT molecular complexity index is 650. The van der Waals surface area contributed by atoms with Crippen LogP contribution in [-0.2, 0) is 0 Å². The summed E-state index contributed by atoms with van der Waals surface area (Å²) >= 11 is 0. The van der Waals surface area contributed by atoms with E-state index in [0.717, 1.165) is 19.4 Å². The van der Waals surface area contributed by atoms with Gasteiger partial charge in [-0.05, 0) is 37.8 Å². The van der Waals surface area contributed by atoms with Gasteiger partial charge in [0.25, 0.3) is 0 Å². The highest BCUT2D eigenvalue weighted by Gasteiger charge is 2.29. The maximum absolute atomic E-state index is 11.6. The summed E-state index contributed by atoms with van der Waals surface area (Å²) in [4.78, 5) is 18.3. The number of nitrogens with zero attached hydrogens (tertiary/aromatic N) is 3. The van der Waals surface area contributed by atoms with Gasteiger partial charge in [-0.1, -0.05) is 13.0 Å². The van der Waals surface area contributed by atoms with E-state index in [2.05, 4.69) is 23.7 Å². The number of imidazole rings is 1. The highest BCUT2D eigenvalue weighted by molar-refractivity contribution is 5.93. The third-order valence-electron chi connectivity index (χ3n) is 4.12. The molecule has 2 aromatic heterocycles. The number of hydrogen-bond acceptors (Lipinski definition) is 3. The van der Waals surface area contributed by atoms with E-state index in [0.29, 0.717) is 23.4 Å². The summed E-state index contributed by atoms with van der Waals surface area (Å²) in [6.07, 6.45) is 3.91. The lowest BCUT2D eigenvalue weighted by atomic mass is 9.93. The molecule has 1 aliphatic rings. The zero-order valence-corrected chi connectivity index (χ0v) is 11.8. The first kappa shape index (κ1) is 13.0. The van der Waals surface area contributed by atoms with Gasteiger partial charge in [-0.15, -0.1) is 0 Å². The topological polar surface area (TPSA) is 57.8 Å². The van der Waals surface area contributed by atoms with Gasteiger partial charge in [0.1, 0.15) is 5.65 Å². The average molecular weight is 273 g/mol. The molecule has 106 valence electrons. The van der Waals surface area contributed by atoms with Crippen LogP contribution < -0.4 is 4.90 Å². The molecular formula is C15H19N3O2. The molecule has 2 aromatic rings. The summed E-state index contributed by atoms with van der Waals surface area (Å²) in [5, 5.41) is 9.53. The number of rotatable bonds is 2. The van der Waals surface area contributed by atoms with Gasteiger partial charge in [0.15, 0.2) is 11.5 Å². The Kier molecular flexibility index (Phi) is 3.12. The van der Waals surface area contributed by atoms with Gasteiger partial charge in [0.2, 0.25) is 0 Å². The van der Waals surface area contributed by atoms with Crippen LogP contribution >= 0.6 is 0 Å². The van der Waals surface area contributed by atoms with E-state index in [4.69, 9.17) is 0 Å². The van der Waals surface area contributed by atoms with Gasteiger partial charge < -0.3 is 10.0 Å². The minimum absolute atomic E-state index is 0.266. The average Bonchev–Trinajstić information content (AvgIpc) is 2.77. The van der Waals surface area contributed by atoms with Crippen LogP contribution in [0.25, 0.3) is 5.65 Å². The summed E-state index contributed by atoms with van der Waals surface area (Å²) in [6, 6.07) is 5.86. The van der Waals surface area contributed by atoms with E-state index in [1.807, 2.05) is 18.2 Å². The molecule has 1 saturated heterocycles. The van der Waals surface area contributed by atoms with Crippen LogP contribution in [0.15, 0.2) is 24.4 Å². The van der Waals surface area contributed by atoms with Crippen molar-refractivity contribution in [3.05, 3.63) is 30.1 Å². The number of aromatic carboxylic acids is 1. The molecule has 1 aliphatic heterocycles. The van der Waals surface area contributed by atoms with E-state index >= 15 is 0 Å². The maximum Gasteiger partial charge on any atom is 0.356 e. The second kappa shape index (κ2) is 4.81. The molecule has 1 N–H and O–H groups in total. The molecule has 3 heterocycles. The van der Waals surface area contributed by atoms with Crippen molar-refractivity contribution in [3.8, 4) is 0 Å². The van der Waals surface area contributed by atoms with Crippen molar-refractivity contribution in [3.63, 3.8) is 0 Å². The summed E-state index contributed by atoms with van der Waals surface area (Å²) in [7, 11) is 0. The fourth-order valence-corrected chi connectivity index (χ4v) is 3.10. The van der Waals surface area contributed by atoms with Crippen molar-refractivity contribution in [2.45, 2.75) is 32.7 Å². The molecule has 2 atom stereocenters. The molecule has 1 fully saturated rings. The fourth-order valence-electron chi connectivity index (χ4n) is 3.10. The molecule has 0 aromatic carbocycles. The van der Waals surface area contributed by atoms with Crippen LogP contribution in [0.3, 0.4) is 0 Å². The highest BCUT2D eigenvalue weighted by atomic mass is 16.4. The largest absolute Gasteiger partial charge is 0.476 e. The number of piperidine rings is 1. The zero-order valence-electron chi connectivity index (χ0n) is 11.8. The van der Waals surface area contributed by atoms with Crippen LogP contribution in [0.1, 0.15) is 37.2 Å². The molecule has 5 nitrogen and oxygen atoms in total. The van der Waals surface area contributed by atoms with Crippen molar-refractivity contribution in [1.82, 2.24) is 9.38 Å². The minimum atomic E-state index is -0.926. The van der Waals surface area contributed by atoms with Crippen LogP contribution in [-0.4, -0.2) is 33.0 Å². The smallest absolute Gasteiger partial charge is 0.356 e. The summed E-state index contributed by atoms with van der Waals surface area (Å²) in [5.41, 5.74) is 0.952. The second-order valence-electron chi connectivity index (χ2n) is 5.69. The van der Waals surface area contributed by atoms with Crippen LogP contribution in [0, 0.1) is 5.92 Å². The molecule has 0 aliphatic carbocycles. The van der Waals surface area contributed by atoms with Crippen LogP contribution in [0.4, 0.5) is 5.82 Å². The van der Waals surface area contributed by atoms with E-state index in [-0.39, 0.29) is 5.69 Å². The number of carboxylic acid groups (broad SMARTS) is 1. The van der Waals surface area contributed by atoms with E-state index in [1.165, 1.54) is 0 Å². The molecule has 0 radical (unpaired) electrons. The molecule has 0 bridgehead atoms. The van der Waals surface area contributed by atoms with Crippen LogP contribution in [0.5, 0.6) is 0 Å². The lowest BCUT2D eigenvalue weighted by Crippen LogP contribution is -2.41. The van der Waals surface area contributed by atoms with Crippen molar-refractivity contribution in [2.75, 3.05) is 11.4 Å². The molecule has 3 rings (SSSR count). The molecular weight excluding hydrogens is 254 g/mol. The molecule has 20 heavy (non-hydrogen) atoms. The first-order valence-electron chi connectivity index (χ1n) is 7.05. The third-order valence-corrected chi connectivity index (χ3v) is 4.12. The fraction of sp³-hybridized carbons (Fsp3) is 0.467. The lowest BCUT2D eigenvalue weighted by molar-refractivity contribution is 0.0690. The monoisotopic (exact) mass is 273 g/mol. The summed E-state index contributed by atoms with van der Waals surface area (Å²) in [6.45, 7) is 5.26. The van der Waals surface area contributed by atoms with Gasteiger partial charge in [-0.2, -0.15) is 0 Å². The normalized spacial score (nSPS) is 23.2. The Labute approximate surface area is 117 Å². The highest BCUT2D eigenvalue weighted by Crippen LogP contribution is 2.30. The minimum Gasteiger partial charge on any atom is -0.476 e. The standard InChI is InChI=1S/C15H19N3O2/c1-10-6-8-17(11(2)9-10)14-13(15(19)20)18-7-4-3-5-12(18)16-14/h3-5,7,10-11H,6,8-9H2,1-2H3,(H,19,20). The van der Waals surface area contributed by atoms with E-state index in [9.17, 15) is 9.90 Å². The van der Waals surface area contributed by atoms with Gasteiger partial charge in [0.05, 0.1) is 0 Å². The molecule has 0 spiro atoms. The van der Waals surface area contributed by atoms with Crippen molar-refractivity contribution < 1.29 is 9.90 Å². The van der Waals surface area contributed by atoms with Gasteiger partial charge in [0, 0.05) is 18.8 Å². The number of fused-ring (bicyclic) bond motifs is 1. The van der Waals surface area contributed by atoms with Crippen LogP contribution in [0.2, 0.25) is 0 Å². The number of aromatic nitrogens is 2. The van der Waals surface area contributed by atoms with Gasteiger partial charge in [-0.25, -0.2) is 9.78 Å². The lowest BCUT2D eigenvalue weighted by Gasteiger charge is -2.37. The number of carbonyl (C=O) groups is 1. The Balaban J connectivity index is 2.11. The summed E-state index contributed by atoms with van der Waals surface area (Å²) in [5.74, 6) is 0.360. The Morgan fingerprint density at radius 1 is 1.40 bits per heavy atom. The van der Waals surface area contributed by atoms with E-state index < -0.39 is 5.97 Å².